The minimum atomic E-state index is -4.47. The molecule has 0 fully saturated rings. The van der Waals surface area contributed by atoms with Crippen molar-refractivity contribution in [2.45, 2.75) is 25.6 Å². The summed E-state index contributed by atoms with van der Waals surface area (Å²) in [5.74, 6) is 0.105. The topological polar surface area (TPSA) is 77.4 Å². The standard InChI is InChI=1S/C12H18F3N3O2/c1-2-3-16-10-4-8(12(13,14)15)5-11(18-10)17-6-9(20)7-19/h4-5,9,19-20H,2-3,6-7H2,1H3,(H2,16,17,18). The van der Waals surface area contributed by atoms with Gasteiger partial charge in [0.2, 0.25) is 0 Å². The molecule has 0 aliphatic heterocycles. The zero-order valence-corrected chi connectivity index (χ0v) is 11.0. The maximum atomic E-state index is 12.8. The van der Waals surface area contributed by atoms with Gasteiger partial charge in [0.1, 0.15) is 11.6 Å². The third kappa shape index (κ3) is 5.22. The molecule has 0 saturated heterocycles. The summed E-state index contributed by atoms with van der Waals surface area (Å²) < 4.78 is 38.3. The Kier molecular flexibility index (Phi) is 6.03. The Morgan fingerprint density at radius 3 is 2.35 bits per heavy atom. The molecule has 0 amide bonds. The lowest BCUT2D eigenvalue weighted by Gasteiger charge is -2.14. The van der Waals surface area contributed by atoms with Crippen molar-refractivity contribution in [1.82, 2.24) is 4.98 Å². The first-order chi connectivity index (χ1) is 9.36. The molecule has 1 heterocycles. The summed E-state index contributed by atoms with van der Waals surface area (Å²) in [6.45, 7) is 1.83. The lowest BCUT2D eigenvalue weighted by molar-refractivity contribution is -0.137. The highest BCUT2D eigenvalue weighted by Crippen LogP contribution is 2.32. The van der Waals surface area contributed by atoms with E-state index in [0.29, 0.717) is 6.54 Å². The predicted molar refractivity (Wildman–Crippen MR) is 69.6 cm³/mol. The van der Waals surface area contributed by atoms with E-state index in [1.54, 1.807) is 0 Å². The second-order valence-corrected chi connectivity index (χ2v) is 4.27. The molecule has 0 saturated carbocycles. The van der Waals surface area contributed by atoms with Crippen LogP contribution in [0.1, 0.15) is 18.9 Å². The number of halogens is 3. The predicted octanol–water partition coefficient (Wildman–Crippen LogP) is 1.69. The Balaban J connectivity index is 2.91. The SMILES string of the molecule is CCCNc1cc(C(F)(F)F)cc(NCC(O)CO)n1. The van der Waals surface area contributed by atoms with Crippen molar-refractivity contribution in [1.29, 1.82) is 0 Å². The highest BCUT2D eigenvalue weighted by Gasteiger charge is 2.31. The van der Waals surface area contributed by atoms with Crippen molar-refractivity contribution in [3.05, 3.63) is 17.7 Å². The number of aliphatic hydroxyl groups is 2. The molecule has 1 unspecified atom stereocenters. The van der Waals surface area contributed by atoms with Crippen LogP contribution in [0.2, 0.25) is 0 Å². The van der Waals surface area contributed by atoms with Crippen molar-refractivity contribution in [3.8, 4) is 0 Å². The van der Waals surface area contributed by atoms with Gasteiger partial charge < -0.3 is 20.8 Å². The van der Waals surface area contributed by atoms with Gasteiger partial charge in [-0.1, -0.05) is 6.92 Å². The molecule has 1 rings (SSSR count). The Bertz CT molecular complexity index is 427. The monoisotopic (exact) mass is 293 g/mol. The van der Waals surface area contributed by atoms with E-state index in [9.17, 15) is 18.3 Å². The van der Waals surface area contributed by atoms with Gasteiger partial charge in [0.25, 0.3) is 0 Å². The number of nitrogens with zero attached hydrogens (tertiary/aromatic N) is 1. The van der Waals surface area contributed by atoms with Gasteiger partial charge in [0, 0.05) is 13.1 Å². The molecule has 0 aliphatic rings. The fraction of sp³-hybridized carbons (Fsp3) is 0.583. The summed E-state index contributed by atoms with van der Waals surface area (Å²) in [6, 6.07) is 1.80. The minimum absolute atomic E-state index is 0.00840. The molecule has 5 nitrogen and oxygen atoms in total. The van der Waals surface area contributed by atoms with Crippen LogP contribution in [-0.4, -0.2) is 41.0 Å². The van der Waals surface area contributed by atoms with E-state index in [4.69, 9.17) is 5.11 Å². The maximum absolute atomic E-state index is 12.8. The molecule has 114 valence electrons. The first-order valence-corrected chi connectivity index (χ1v) is 6.22. The van der Waals surface area contributed by atoms with Crippen LogP contribution in [-0.2, 0) is 6.18 Å². The Labute approximate surface area is 114 Å². The Morgan fingerprint density at radius 2 is 1.85 bits per heavy atom. The van der Waals surface area contributed by atoms with Gasteiger partial charge >= 0.3 is 6.18 Å². The molecule has 1 aromatic heterocycles. The highest BCUT2D eigenvalue weighted by molar-refractivity contribution is 5.49. The molecule has 0 aromatic carbocycles. The van der Waals surface area contributed by atoms with Gasteiger partial charge in [-0.25, -0.2) is 4.98 Å². The number of nitrogens with one attached hydrogen (secondary N) is 2. The molecular formula is C12H18F3N3O2. The number of pyridine rings is 1. The van der Waals surface area contributed by atoms with Crippen LogP contribution < -0.4 is 10.6 Å². The third-order valence-electron chi connectivity index (χ3n) is 2.44. The smallest absolute Gasteiger partial charge is 0.394 e. The van der Waals surface area contributed by atoms with Crippen LogP contribution in [0.4, 0.5) is 24.8 Å². The van der Waals surface area contributed by atoms with Crippen LogP contribution in [0.3, 0.4) is 0 Å². The van der Waals surface area contributed by atoms with Crippen molar-refractivity contribution in [2.24, 2.45) is 0 Å². The average Bonchev–Trinajstić information content (AvgIpc) is 2.41. The second kappa shape index (κ2) is 7.30. The molecule has 0 spiro atoms. The Morgan fingerprint density at radius 1 is 1.25 bits per heavy atom. The molecule has 4 N–H and O–H groups in total. The van der Waals surface area contributed by atoms with Crippen molar-refractivity contribution in [3.63, 3.8) is 0 Å². The van der Waals surface area contributed by atoms with Gasteiger partial charge in [-0.2, -0.15) is 13.2 Å². The fourth-order valence-electron chi connectivity index (χ4n) is 1.42. The van der Waals surface area contributed by atoms with Crippen molar-refractivity contribution < 1.29 is 23.4 Å². The zero-order chi connectivity index (χ0) is 15.2. The van der Waals surface area contributed by atoms with Gasteiger partial charge in [-0.3, -0.25) is 0 Å². The van der Waals surface area contributed by atoms with Crippen molar-refractivity contribution in [2.75, 3.05) is 30.3 Å². The largest absolute Gasteiger partial charge is 0.416 e. The molecule has 1 aromatic rings. The molecule has 1 atom stereocenters. The van der Waals surface area contributed by atoms with E-state index in [0.717, 1.165) is 18.6 Å². The van der Waals surface area contributed by atoms with E-state index in [1.165, 1.54) is 0 Å². The summed E-state index contributed by atoms with van der Waals surface area (Å²) in [6.07, 6.45) is -4.78. The lowest BCUT2D eigenvalue weighted by atomic mass is 10.2. The number of hydrogen-bond acceptors (Lipinski definition) is 5. The molecule has 0 radical (unpaired) electrons. The summed E-state index contributed by atoms with van der Waals surface area (Å²) in [7, 11) is 0. The second-order valence-electron chi connectivity index (χ2n) is 4.27. The van der Waals surface area contributed by atoms with Gasteiger partial charge in [0.15, 0.2) is 0 Å². The summed E-state index contributed by atoms with van der Waals surface area (Å²) >= 11 is 0. The normalized spacial score (nSPS) is 13.1. The zero-order valence-electron chi connectivity index (χ0n) is 11.0. The first-order valence-electron chi connectivity index (χ1n) is 6.22. The molecule has 0 aliphatic carbocycles. The van der Waals surface area contributed by atoms with Crippen molar-refractivity contribution >= 4 is 11.6 Å². The maximum Gasteiger partial charge on any atom is 0.416 e. The summed E-state index contributed by atoms with van der Waals surface area (Å²) in [5.41, 5.74) is -0.827. The van der Waals surface area contributed by atoms with E-state index in [1.807, 2.05) is 6.92 Å². The highest BCUT2D eigenvalue weighted by atomic mass is 19.4. The number of alkyl halides is 3. The minimum Gasteiger partial charge on any atom is -0.394 e. The van der Waals surface area contributed by atoms with E-state index in [2.05, 4.69) is 15.6 Å². The van der Waals surface area contributed by atoms with Gasteiger partial charge in [0.05, 0.1) is 18.3 Å². The Hall–Kier alpha value is -1.54. The molecular weight excluding hydrogens is 275 g/mol. The van der Waals surface area contributed by atoms with Crippen LogP contribution in [0, 0.1) is 0 Å². The number of aromatic nitrogens is 1. The van der Waals surface area contributed by atoms with Gasteiger partial charge in [-0.05, 0) is 18.6 Å². The van der Waals surface area contributed by atoms with Crippen LogP contribution >= 0.6 is 0 Å². The lowest BCUT2D eigenvalue weighted by Crippen LogP contribution is -2.23. The number of hydrogen-bond donors (Lipinski definition) is 4. The fourth-order valence-corrected chi connectivity index (χ4v) is 1.42. The summed E-state index contributed by atoms with van der Waals surface area (Å²) in [5, 5.41) is 23.2. The molecule has 8 heteroatoms. The van der Waals surface area contributed by atoms with E-state index in [-0.39, 0.29) is 18.2 Å². The van der Waals surface area contributed by atoms with Crippen LogP contribution in [0.5, 0.6) is 0 Å². The average molecular weight is 293 g/mol. The number of rotatable bonds is 7. The molecule has 0 bridgehead atoms. The quantitative estimate of drug-likeness (QED) is 0.615. The van der Waals surface area contributed by atoms with E-state index < -0.39 is 24.5 Å². The van der Waals surface area contributed by atoms with Crippen LogP contribution in [0.15, 0.2) is 12.1 Å². The number of anilines is 2. The summed E-state index contributed by atoms with van der Waals surface area (Å²) in [4.78, 5) is 3.98. The van der Waals surface area contributed by atoms with E-state index >= 15 is 0 Å². The first kappa shape index (κ1) is 16.5. The van der Waals surface area contributed by atoms with Crippen LogP contribution in [0.25, 0.3) is 0 Å². The third-order valence-corrected chi connectivity index (χ3v) is 2.44. The van der Waals surface area contributed by atoms with Gasteiger partial charge in [-0.15, -0.1) is 0 Å². The molecule has 20 heavy (non-hydrogen) atoms. The number of aliphatic hydroxyl groups excluding tert-OH is 2.